The number of carbonyl (C=O) groups is 1. The molecule has 0 amide bonds. The number of rotatable bonds is 8. The van der Waals surface area contributed by atoms with Crippen LogP contribution in [0.15, 0.2) is 12.1 Å². The highest BCUT2D eigenvalue weighted by molar-refractivity contribution is 5.94. The van der Waals surface area contributed by atoms with Gasteiger partial charge in [-0.2, -0.15) is 0 Å². The highest BCUT2D eigenvalue weighted by atomic mass is 16.5. The smallest absolute Gasteiger partial charge is 0.341 e. The minimum absolute atomic E-state index is 0.0999. The van der Waals surface area contributed by atoms with Crippen molar-refractivity contribution >= 4 is 11.7 Å². The Morgan fingerprint density at radius 2 is 1.91 bits per heavy atom. The van der Waals surface area contributed by atoms with Crippen molar-refractivity contribution in [2.75, 3.05) is 24.6 Å². The fourth-order valence-electron chi connectivity index (χ4n) is 3.13. The molecule has 0 aliphatic carbocycles. The molecule has 4 nitrogen and oxygen atoms in total. The van der Waals surface area contributed by atoms with Crippen LogP contribution in [0.25, 0.3) is 0 Å². The van der Waals surface area contributed by atoms with Gasteiger partial charge in [0.15, 0.2) is 0 Å². The zero-order chi connectivity index (χ0) is 16.7. The van der Waals surface area contributed by atoms with Crippen molar-refractivity contribution in [3.05, 3.63) is 23.3 Å². The third-order valence-corrected chi connectivity index (χ3v) is 4.44. The van der Waals surface area contributed by atoms with E-state index in [4.69, 9.17) is 4.74 Å². The number of benzene rings is 1. The highest BCUT2D eigenvalue weighted by Crippen LogP contribution is 2.32. The van der Waals surface area contributed by atoms with Gasteiger partial charge in [0, 0.05) is 18.8 Å². The summed E-state index contributed by atoms with van der Waals surface area (Å²) >= 11 is 0. The Morgan fingerprint density at radius 3 is 2.57 bits per heavy atom. The minimum Gasteiger partial charge on any atom is -0.507 e. The van der Waals surface area contributed by atoms with Crippen molar-refractivity contribution in [2.24, 2.45) is 0 Å². The molecule has 0 radical (unpaired) electrons. The van der Waals surface area contributed by atoms with E-state index in [1.54, 1.807) is 13.0 Å². The second-order valence-corrected chi connectivity index (χ2v) is 6.23. The Labute approximate surface area is 139 Å². The maximum Gasteiger partial charge on any atom is 0.341 e. The van der Waals surface area contributed by atoms with Crippen LogP contribution in [0, 0.1) is 0 Å². The number of phenolic OH excluding ortho intramolecular Hbond substituents is 1. The summed E-state index contributed by atoms with van der Waals surface area (Å²) in [6.07, 6.45) is 7.75. The molecule has 23 heavy (non-hydrogen) atoms. The Kier molecular flexibility index (Phi) is 6.75. The number of unbranched alkanes of at least 4 members (excludes halogenated alkanes) is 3. The van der Waals surface area contributed by atoms with Gasteiger partial charge in [-0.3, -0.25) is 0 Å². The molecule has 1 aliphatic heterocycles. The second kappa shape index (κ2) is 8.80. The van der Waals surface area contributed by atoms with Gasteiger partial charge in [0.2, 0.25) is 0 Å². The Balaban J connectivity index is 2.24. The van der Waals surface area contributed by atoms with Gasteiger partial charge in [0.25, 0.3) is 0 Å². The van der Waals surface area contributed by atoms with Crippen molar-refractivity contribution < 1.29 is 14.6 Å². The van der Waals surface area contributed by atoms with Crippen molar-refractivity contribution in [3.63, 3.8) is 0 Å². The van der Waals surface area contributed by atoms with Gasteiger partial charge in [-0.15, -0.1) is 0 Å². The van der Waals surface area contributed by atoms with Crippen molar-refractivity contribution in [3.8, 4) is 5.75 Å². The average molecular weight is 319 g/mol. The predicted octanol–water partition coefficient (Wildman–Crippen LogP) is 4.29. The molecule has 1 aromatic carbocycles. The summed E-state index contributed by atoms with van der Waals surface area (Å²) in [4.78, 5) is 14.4. The van der Waals surface area contributed by atoms with E-state index >= 15 is 0 Å². The third kappa shape index (κ3) is 4.63. The zero-order valence-electron chi connectivity index (χ0n) is 14.4. The summed E-state index contributed by atoms with van der Waals surface area (Å²) in [5, 5.41) is 10.5. The first-order valence-electron chi connectivity index (χ1n) is 8.95. The molecule has 128 valence electrons. The normalized spacial score (nSPS) is 14.3. The van der Waals surface area contributed by atoms with E-state index in [1.165, 1.54) is 25.7 Å². The number of hydrogen-bond acceptors (Lipinski definition) is 4. The van der Waals surface area contributed by atoms with Crippen LogP contribution < -0.4 is 4.90 Å². The third-order valence-electron chi connectivity index (χ3n) is 4.44. The summed E-state index contributed by atoms with van der Waals surface area (Å²) in [6, 6.07) is 3.84. The summed E-state index contributed by atoms with van der Waals surface area (Å²) in [6.45, 7) is 6.32. The maximum absolute atomic E-state index is 12.2. The van der Waals surface area contributed by atoms with Gasteiger partial charge in [-0.25, -0.2) is 4.79 Å². The van der Waals surface area contributed by atoms with Crippen LogP contribution in [-0.2, 0) is 11.2 Å². The minimum atomic E-state index is -0.430. The highest BCUT2D eigenvalue weighted by Gasteiger charge is 2.21. The first kappa shape index (κ1) is 17.6. The number of esters is 1. The van der Waals surface area contributed by atoms with Crippen LogP contribution in [0.4, 0.5) is 5.69 Å². The SMILES string of the molecule is CCCCCCc1cc(N2CCCC2)cc(C(=O)OCC)c1O. The molecular formula is C19H29NO3. The van der Waals surface area contributed by atoms with E-state index < -0.39 is 5.97 Å². The standard InChI is InChI=1S/C19H29NO3/c1-3-5-6-7-10-15-13-16(20-11-8-9-12-20)14-17(18(15)21)19(22)23-4-2/h13-14,21H,3-12H2,1-2H3. The molecule has 0 atom stereocenters. The number of phenols is 1. The zero-order valence-corrected chi connectivity index (χ0v) is 14.4. The Hall–Kier alpha value is -1.71. The van der Waals surface area contributed by atoms with E-state index in [2.05, 4.69) is 17.9 Å². The van der Waals surface area contributed by atoms with E-state index in [0.717, 1.165) is 43.6 Å². The molecule has 1 aromatic rings. The Bertz CT molecular complexity index is 522. The number of ether oxygens (including phenoxy) is 1. The molecule has 0 bridgehead atoms. The summed E-state index contributed by atoms with van der Waals surface area (Å²) in [7, 11) is 0. The second-order valence-electron chi connectivity index (χ2n) is 6.23. The Morgan fingerprint density at radius 1 is 1.17 bits per heavy atom. The fourth-order valence-corrected chi connectivity index (χ4v) is 3.13. The molecule has 0 saturated carbocycles. The van der Waals surface area contributed by atoms with Crippen LogP contribution in [0.2, 0.25) is 0 Å². The molecule has 0 unspecified atom stereocenters. The lowest BCUT2D eigenvalue weighted by Gasteiger charge is -2.21. The first-order chi connectivity index (χ1) is 11.2. The van der Waals surface area contributed by atoms with Crippen molar-refractivity contribution in [1.82, 2.24) is 0 Å². The van der Waals surface area contributed by atoms with Gasteiger partial charge in [0.1, 0.15) is 11.3 Å². The largest absolute Gasteiger partial charge is 0.507 e. The predicted molar refractivity (Wildman–Crippen MR) is 93.4 cm³/mol. The van der Waals surface area contributed by atoms with E-state index in [9.17, 15) is 9.90 Å². The van der Waals surface area contributed by atoms with Crippen LogP contribution in [0.1, 0.15) is 68.3 Å². The van der Waals surface area contributed by atoms with Gasteiger partial charge in [-0.1, -0.05) is 26.2 Å². The molecule has 1 fully saturated rings. The molecule has 1 N–H and O–H groups in total. The van der Waals surface area contributed by atoms with Crippen LogP contribution >= 0.6 is 0 Å². The fraction of sp³-hybridized carbons (Fsp3) is 0.632. The van der Waals surface area contributed by atoms with Crippen LogP contribution in [0.3, 0.4) is 0 Å². The number of hydrogen-bond donors (Lipinski definition) is 1. The van der Waals surface area contributed by atoms with Gasteiger partial charge in [-0.05, 0) is 50.3 Å². The van der Waals surface area contributed by atoms with E-state index in [-0.39, 0.29) is 5.75 Å². The number of anilines is 1. The maximum atomic E-state index is 12.2. The quantitative estimate of drug-likeness (QED) is 0.573. The lowest BCUT2D eigenvalue weighted by atomic mass is 10.0. The molecule has 1 saturated heterocycles. The summed E-state index contributed by atoms with van der Waals surface area (Å²) in [5.41, 5.74) is 2.21. The molecular weight excluding hydrogens is 290 g/mol. The average Bonchev–Trinajstić information content (AvgIpc) is 3.07. The van der Waals surface area contributed by atoms with E-state index in [1.807, 2.05) is 0 Å². The van der Waals surface area contributed by atoms with E-state index in [0.29, 0.717) is 12.2 Å². The summed E-state index contributed by atoms with van der Waals surface area (Å²) in [5.74, 6) is -0.330. The summed E-state index contributed by atoms with van der Waals surface area (Å²) < 4.78 is 5.11. The number of nitrogens with zero attached hydrogens (tertiary/aromatic N) is 1. The molecule has 0 aromatic heterocycles. The first-order valence-corrected chi connectivity index (χ1v) is 8.95. The van der Waals surface area contributed by atoms with Gasteiger partial charge < -0.3 is 14.7 Å². The molecule has 1 heterocycles. The van der Waals surface area contributed by atoms with Gasteiger partial charge >= 0.3 is 5.97 Å². The lowest BCUT2D eigenvalue weighted by Crippen LogP contribution is -2.19. The van der Waals surface area contributed by atoms with Crippen LogP contribution in [-0.4, -0.2) is 30.8 Å². The molecule has 4 heteroatoms. The van der Waals surface area contributed by atoms with Crippen LogP contribution in [0.5, 0.6) is 5.75 Å². The number of aromatic hydroxyl groups is 1. The molecule has 0 spiro atoms. The van der Waals surface area contributed by atoms with Crippen molar-refractivity contribution in [1.29, 1.82) is 0 Å². The van der Waals surface area contributed by atoms with Gasteiger partial charge in [0.05, 0.1) is 6.61 Å². The van der Waals surface area contributed by atoms with Crippen molar-refractivity contribution in [2.45, 2.75) is 58.8 Å². The topological polar surface area (TPSA) is 49.8 Å². The molecule has 1 aliphatic rings. The number of aryl methyl sites for hydroxylation is 1. The number of carbonyl (C=O) groups excluding carboxylic acids is 1. The monoisotopic (exact) mass is 319 g/mol. The lowest BCUT2D eigenvalue weighted by molar-refractivity contribution is 0.0523. The molecule has 2 rings (SSSR count).